The Morgan fingerprint density at radius 1 is 1.07 bits per heavy atom. The number of hydrogen-bond donors (Lipinski definition) is 2. The van der Waals surface area contributed by atoms with Gasteiger partial charge < -0.3 is 14.3 Å². The number of nitrogens with one attached hydrogen (secondary N) is 2. The number of nitrogens with zero attached hydrogens (tertiary/aromatic N) is 2. The third-order valence-electron chi connectivity index (χ3n) is 1.40. The quantitative estimate of drug-likeness (QED) is 0.522. The van der Waals surface area contributed by atoms with Crippen molar-refractivity contribution in [2.45, 2.75) is 0 Å². The van der Waals surface area contributed by atoms with Crippen molar-refractivity contribution in [3.8, 4) is 11.8 Å². The summed E-state index contributed by atoms with van der Waals surface area (Å²) in [6.45, 7) is 0. The van der Waals surface area contributed by atoms with Crippen molar-refractivity contribution in [3.05, 3.63) is 24.5 Å². The molecule has 2 aromatic rings. The standard InChI is InChI=1S/C6H6BN4O3.K/c12-7(13-5-1-3-8-10-5)14-6-2-4-9-11-6;/h1-4H,(H,8,10)(H,9,11);/q-1;+1. The Morgan fingerprint density at radius 2 is 1.53 bits per heavy atom. The minimum Gasteiger partial charge on any atom is -0.808 e. The van der Waals surface area contributed by atoms with Crippen LogP contribution in [-0.4, -0.2) is 27.7 Å². The van der Waals surface area contributed by atoms with Gasteiger partial charge in [0, 0.05) is 12.1 Å². The number of H-pyrrole nitrogens is 2. The zero-order valence-corrected chi connectivity index (χ0v) is 11.1. The molecule has 72 valence electrons. The molecule has 15 heavy (non-hydrogen) atoms. The maximum absolute atomic E-state index is 11.1. The minimum absolute atomic E-state index is 0. The Hall–Kier alpha value is -0.319. The van der Waals surface area contributed by atoms with Crippen LogP contribution >= 0.6 is 0 Å². The van der Waals surface area contributed by atoms with Gasteiger partial charge in [0.15, 0.2) is 11.8 Å². The smallest absolute Gasteiger partial charge is 0.808 e. The summed E-state index contributed by atoms with van der Waals surface area (Å²) in [4.78, 5) is 0. The summed E-state index contributed by atoms with van der Waals surface area (Å²) in [6, 6.07) is 3.03. The van der Waals surface area contributed by atoms with Crippen LogP contribution in [0.3, 0.4) is 0 Å². The molecule has 0 unspecified atom stereocenters. The maximum atomic E-state index is 11.1. The molecule has 0 radical (unpaired) electrons. The minimum atomic E-state index is -1.66. The Morgan fingerprint density at radius 3 is 1.87 bits per heavy atom. The molecule has 0 amide bonds. The zero-order valence-electron chi connectivity index (χ0n) is 8.01. The van der Waals surface area contributed by atoms with Crippen molar-refractivity contribution in [1.29, 1.82) is 0 Å². The van der Waals surface area contributed by atoms with Crippen LogP contribution in [0.4, 0.5) is 0 Å². The summed E-state index contributed by atoms with van der Waals surface area (Å²) in [5.41, 5.74) is 0. The first-order valence-corrected chi connectivity index (χ1v) is 3.82. The predicted molar refractivity (Wildman–Crippen MR) is 44.2 cm³/mol. The largest absolute Gasteiger partial charge is 1.00 e. The van der Waals surface area contributed by atoms with Gasteiger partial charge in [-0.3, -0.25) is 0 Å². The number of aromatic amines is 2. The maximum Gasteiger partial charge on any atom is 1.00 e. The summed E-state index contributed by atoms with van der Waals surface area (Å²) in [5, 5.41) is 23.3. The number of aromatic nitrogens is 4. The molecule has 7 nitrogen and oxygen atoms in total. The molecule has 0 aliphatic carbocycles. The van der Waals surface area contributed by atoms with E-state index in [0.717, 1.165) is 0 Å². The first-order valence-electron chi connectivity index (χ1n) is 3.82. The molecule has 9 heteroatoms. The van der Waals surface area contributed by atoms with E-state index in [4.69, 9.17) is 9.31 Å². The second-order valence-corrected chi connectivity index (χ2v) is 2.37. The Kier molecular flexibility index (Phi) is 5.36. The molecular weight excluding hydrogens is 226 g/mol. The van der Waals surface area contributed by atoms with E-state index in [1.165, 1.54) is 24.5 Å². The second-order valence-electron chi connectivity index (χ2n) is 2.37. The molecule has 0 aliphatic rings. The summed E-state index contributed by atoms with van der Waals surface area (Å²) in [5.74, 6) is 0.508. The predicted octanol–water partition coefficient (Wildman–Crippen LogP) is -4.06. The first-order chi connectivity index (χ1) is 6.84. The molecule has 0 saturated carbocycles. The van der Waals surface area contributed by atoms with E-state index in [1.807, 2.05) is 0 Å². The van der Waals surface area contributed by atoms with Crippen molar-refractivity contribution in [2.75, 3.05) is 0 Å². The summed E-state index contributed by atoms with van der Waals surface area (Å²) >= 11 is 0. The van der Waals surface area contributed by atoms with Gasteiger partial charge in [-0.25, -0.2) is 10.2 Å². The molecule has 2 rings (SSSR count). The third kappa shape index (κ3) is 3.97. The van der Waals surface area contributed by atoms with Crippen LogP contribution in [0.5, 0.6) is 11.8 Å². The van der Waals surface area contributed by atoms with Gasteiger partial charge >= 0.3 is 58.7 Å². The van der Waals surface area contributed by atoms with Gasteiger partial charge in [0.1, 0.15) is 0 Å². The molecule has 2 aromatic heterocycles. The summed E-state index contributed by atoms with van der Waals surface area (Å²) < 4.78 is 9.57. The van der Waals surface area contributed by atoms with Crippen molar-refractivity contribution in [1.82, 2.24) is 20.4 Å². The molecule has 0 saturated heterocycles. The molecule has 0 bridgehead atoms. The molecule has 0 spiro atoms. The van der Waals surface area contributed by atoms with E-state index in [-0.39, 0.29) is 63.1 Å². The van der Waals surface area contributed by atoms with E-state index < -0.39 is 7.32 Å². The number of rotatable bonds is 4. The Labute approximate surface area is 128 Å². The van der Waals surface area contributed by atoms with Gasteiger partial charge in [-0.05, 0) is 0 Å². The van der Waals surface area contributed by atoms with E-state index in [1.54, 1.807) is 0 Å². The molecular formula is C6H6BKN4O3. The number of hydrogen-bond acceptors (Lipinski definition) is 5. The monoisotopic (exact) mass is 232 g/mol. The third-order valence-corrected chi connectivity index (χ3v) is 1.40. The van der Waals surface area contributed by atoms with Gasteiger partial charge in [-0.2, -0.15) is 10.2 Å². The van der Waals surface area contributed by atoms with Crippen LogP contribution in [0.2, 0.25) is 0 Å². The molecule has 0 fully saturated rings. The van der Waals surface area contributed by atoms with Crippen LogP contribution in [-0.2, 0) is 0 Å². The molecule has 0 aromatic carbocycles. The van der Waals surface area contributed by atoms with E-state index >= 15 is 0 Å². The Balaban J connectivity index is 0.00000112. The van der Waals surface area contributed by atoms with Crippen LogP contribution in [0.1, 0.15) is 0 Å². The van der Waals surface area contributed by atoms with Crippen molar-refractivity contribution < 1.29 is 65.7 Å². The van der Waals surface area contributed by atoms with Gasteiger partial charge in [-0.15, -0.1) is 0 Å². The van der Waals surface area contributed by atoms with E-state index in [9.17, 15) is 5.02 Å². The Bertz CT molecular complexity index is 331. The van der Waals surface area contributed by atoms with Crippen LogP contribution < -0.4 is 65.7 Å². The average Bonchev–Trinajstić information content (AvgIpc) is 2.76. The normalized spacial score (nSPS) is 9.13. The first kappa shape index (κ1) is 12.7. The molecule has 0 atom stereocenters. The molecule has 2 heterocycles. The topological polar surface area (TPSA) is 98.9 Å². The van der Waals surface area contributed by atoms with Crippen molar-refractivity contribution in [3.63, 3.8) is 0 Å². The zero-order chi connectivity index (χ0) is 9.80. The average molecular weight is 232 g/mol. The molecule has 0 aliphatic heterocycles. The van der Waals surface area contributed by atoms with E-state index in [0.29, 0.717) is 0 Å². The van der Waals surface area contributed by atoms with Gasteiger partial charge in [0.05, 0.1) is 12.4 Å². The molecule has 2 N–H and O–H groups in total. The van der Waals surface area contributed by atoms with Crippen LogP contribution in [0, 0.1) is 0 Å². The van der Waals surface area contributed by atoms with Gasteiger partial charge in [-0.1, -0.05) is 0 Å². The van der Waals surface area contributed by atoms with E-state index in [2.05, 4.69) is 20.4 Å². The SMILES string of the molecule is [K+].[O-]B(Oc1ccn[nH]1)Oc1ccn[nH]1. The van der Waals surface area contributed by atoms with Crippen LogP contribution in [0.25, 0.3) is 0 Å². The van der Waals surface area contributed by atoms with Gasteiger partial charge in [0.25, 0.3) is 0 Å². The fourth-order valence-corrected chi connectivity index (χ4v) is 0.849. The fourth-order valence-electron chi connectivity index (χ4n) is 0.849. The fraction of sp³-hybridized carbons (Fsp3) is 0. The summed E-state index contributed by atoms with van der Waals surface area (Å²) in [6.07, 6.45) is 2.94. The second kappa shape index (κ2) is 6.30. The summed E-state index contributed by atoms with van der Waals surface area (Å²) in [7, 11) is -1.66. The van der Waals surface area contributed by atoms with Crippen LogP contribution in [0.15, 0.2) is 24.5 Å². The van der Waals surface area contributed by atoms with Crippen molar-refractivity contribution in [2.24, 2.45) is 0 Å². The van der Waals surface area contributed by atoms with Gasteiger partial charge in [0.2, 0.25) is 0 Å². The van der Waals surface area contributed by atoms with Crippen molar-refractivity contribution >= 4 is 7.32 Å².